The van der Waals surface area contributed by atoms with Crippen molar-refractivity contribution in [2.24, 2.45) is 0 Å². The highest BCUT2D eigenvalue weighted by Crippen LogP contribution is 2.20. The Kier molecular flexibility index (Phi) is 5.33. The fourth-order valence-corrected chi connectivity index (χ4v) is 2.20. The van der Waals surface area contributed by atoms with E-state index in [1.807, 2.05) is 12.3 Å². The minimum atomic E-state index is 0.0609. The highest BCUT2D eigenvalue weighted by Gasteiger charge is 2.13. The molecule has 0 saturated carbocycles. The van der Waals surface area contributed by atoms with E-state index < -0.39 is 0 Å². The number of rotatable bonds is 7. The summed E-state index contributed by atoms with van der Waals surface area (Å²) in [4.78, 5) is 4.48. The van der Waals surface area contributed by atoms with Gasteiger partial charge in [-0.25, -0.2) is 4.98 Å². The van der Waals surface area contributed by atoms with Gasteiger partial charge in [-0.15, -0.1) is 0 Å². The summed E-state index contributed by atoms with van der Waals surface area (Å²) in [5, 5.41) is 13.4. The van der Waals surface area contributed by atoms with Gasteiger partial charge in [-0.2, -0.15) is 0 Å². The molecule has 0 aliphatic heterocycles. The van der Waals surface area contributed by atoms with Crippen LogP contribution >= 0.6 is 0 Å². The molecular weight excluding hydrogens is 266 g/mol. The number of aliphatic hydroxyl groups is 1. The number of hydrogen-bond donors (Lipinski definition) is 2. The molecule has 0 aromatic carbocycles. The molecule has 0 amide bonds. The van der Waals surface area contributed by atoms with Gasteiger partial charge in [0.1, 0.15) is 5.65 Å². The van der Waals surface area contributed by atoms with E-state index in [0.29, 0.717) is 13.2 Å². The van der Waals surface area contributed by atoms with Crippen LogP contribution in [0.5, 0.6) is 0 Å². The molecular formula is C16H25N3O2. The van der Waals surface area contributed by atoms with Gasteiger partial charge < -0.3 is 19.7 Å². The maximum absolute atomic E-state index is 8.73. The summed E-state index contributed by atoms with van der Waals surface area (Å²) < 4.78 is 7.46. The summed E-state index contributed by atoms with van der Waals surface area (Å²) in [6, 6.07) is 4.07. The predicted molar refractivity (Wildman–Crippen MR) is 84.2 cm³/mol. The molecule has 0 aliphatic rings. The highest BCUT2D eigenvalue weighted by molar-refractivity contribution is 5.80. The van der Waals surface area contributed by atoms with E-state index in [9.17, 15) is 0 Å². The molecule has 2 heterocycles. The molecule has 0 atom stereocenters. The smallest absolute Gasteiger partial charge is 0.140 e. The van der Waals surface area contributed by atoms with Crippen molar-refractivity contribution in [3.63, 3.8) is 0 Å². The normalized spacial score (nSPS) is 12.2. The van der Waals surface area contributed by atoms with Crippen molar-refractivity contribution in [2.45, 2.75) is 39.4 Å². The van der Waals surface area contributed by atoms with Crippen LogP contribution in [-0.4, -0.2) is 40.0 Å². The molecule has 5 nitrogen and oxygen atoms in total. The van der Waals surface area contributed by atoms with Crippen molar-refractivity contribution in [1.82, 2.24) is 14.9 Å². The molecule has 116 valence electrons. The Balaban J connectivity index is 2.14. The first-order valence-electron chi connectivity index (χ1n) is 7.37. The second kappa shape index (κ2) is 7.02. The number of aliphatic hydroxyl groups excluding tert-OH is 1. The fraction of sp³-hybridized carbons (Fsp3) is 0.562. The standard InChI is InChI=1S/C16H25N3O2/c1-16(2,3)18-11-13-12-19(7-9-21-10-8-20)15-14(13)5-4-6-17-15/h4-6,12,18,20H,7-11H2,1-3H3. The molecule has 0 saturated heterocycles. The van der Waals surface area contributed by atoms with Gasteiger partial charge in [-0.05, 0) is 38.5 Å². The van der Waals surface area contributed by atoms with Crippen LogP contribution in [0.1, 0.15) is 26.3 Å². The fourth-order valence-electron chi connectivity index (χ4n) is 2.20. The number of nitrogens with zero attached hydrogens (tertiary/aromatic N) is 2. The average molecular weight is 291 g/mol. The predicted octanol–water partition coefficient (Wildman–Crippen LogP) is 1.93. The number of hydrogen-bond acceptors (Lipinski definition) is 4. The van der Waals surface area contributed by atoms with Crippen LogP contribution in [0, 0.1) is 0 Å². The molecule has 0 bridgehead atoms. The lowest BCUT2D eigenvalue weighted by Gasteiger charge is -2.20. The number of ether oxygens (including phenoxy) is 1. The quantitative estimate of drug-likeness (QED) is 0.765. The van der Waals surface area contributed by atoms with Crippen LogP contribution in [0.2, 0.25) is 0 Å². The Morgan fingerprint density at radius 2 is 2.14 bits per heavy atom. The lowest BCUT2D eigenvalue weighted by molar-refractivity contribution is 0.0874. The van der Waals surface area contributed by atoms with Crippen LogP contribution in [0.15, 0.2) is 24.5 Å². The van der Waals surface area contributed by atoms with E-state index in [1.165, 1.54) is 10.9 Å². The van der Waals surface area contributed by atoms with E-state index in [0.717, 1.165) is 18.7 Å². The van der Waals surface area contributed by atoms with Crippen LogP contribution in [0.4, 0.5) is 0 Å². The first kappa shape index (κ1) is 15.9. The molecule has 0 spiro atoms. The summed E-state index contributed by atoms with van der Waals surface area (Å²) in [5.41, 5.74) is 2.31. The summed E-state index contributed by atoms with van der Waals surface area (Å²) in [6.07, 6.45) is 3.95. The number of pyridine rings is 1. The molecule has 5 heteroatoms. The van der Waals surface area contributed by atoms with Gasteiger partial charge in [-0.1, -0.05) is 0 Å². The Hall–Kier alpha value is -1.43. The minimum absolute atomic E-state index is 0.0609. The van der Waals surface area contributed by atoms with Crippen LogP contribution in [0.3, 0.4) is 0 Å². The van der Waals surface area contributed by atoms with E-state index in [1.54, 1.807) is 0 Å². The van der Waals surface area contributed by atoms with Gasteiger partial charge in [0.25, 0.3) is 0 Å². The second-order valence-corrected chi connectivity index (χ2v) is 6.16. The third kappa shape index (κ3) is 4.52. The first-order chi connectivity index (χ1) is 10.0. The summed E-state index contributed by atoms with van der Waals surface area (Å²) in [7, 11) is 0. The maximum Gasteiger partial charge on any atom is 0.140 e. The summed E-state index contributed by atoms with van der Waals surface area (Å²) in [5.74, 6) is 0. The van der Waals surface area contributed by atoms with Crippen molar-refractivity contribution in [2.75, 3.05) is 19.8 Å². The summed E-state index contributed by atoms with van der Waals surface area (Å²) >= 11 is 0. The SMILES string of the molecule is CC(C)(C)NCc1cn(CCOCCO)c2ncccc12. The van der Waals surface area contributed by atoms with Crippen LogP contribution in [-0.2, 0) is 17.8 Å². The third-order valence-corrected chi connectivity index (χ3v) is 3.24. The lowest BCUT2D eigenvalue weighted by Crippen LogP contribution is -2.35. The zero-order valence-electron chi connectivity index (χ0n) is 13.1. The molecule has 0 fully saturated rings. The van der Waals surface area contributed by atoms with Crippen molar-refractivity contribution < 1.29 is 9.84 Å². The largest absolute Gasteiger partial charge is 0.394 e. The Morgan fingerprint density at radius 3 is 2.86 bits per heavy atom. The number of fused-ring (bicyclic) bond motifs is 1. The average Bonchev–Trinajstić information content (AvgIpc) is 2.79. The van der Waals surface area contributed by atoms with Gasteiger partial charge in [0.15, 0.2) is 0 Å². The zero-order valence-corrected chi connectivity index (χ0v) is 13.1. The van der Waals surface area contributed by atoms with E-state index in [2.05, 4.69) is 47.9 Å². The van der Waals surface area contributed by atoms with Crippen molar-refractivity contribution in [3.05, 3.63) is 30.1 Å². The number of aromatic nitrogens is 2. The summed E-state index contributed by atoms with van der Waals surface area (Å²) in [6.45, 7) is 9.05. The van der Waals surface area contributed by atoms with E-state index in [-0.39, 0.29) is 12.1 Å². The maximum atomic E-state index is 8.73. The number of nitrogens with one attached hydrogen (secondary N) is 1. The Labute approximate surface area is 125 Å². The Morgan fingerprint density at radius 1 is 1.33 bits per heavy atom. The van der Waals surface area contributed by atoms with Crippen molar-refractivity contribution in [1.29, 1.82) is 0 Å². The molecule has 2 rings (SSSR count). The molecule has 0 aliphatic carbocycles. The second-order valence-electron chi connectivity index (χ2n) is 6.16. The topological polar surface area (TPSA) is 59.3 Å². The van der Waals surface area contributed by atoms with Gasteiger partial charge >= 0.3 is 0 Å². The molecule has 0 unspecified atom stereocenters. The zero-order chi connectivity index (χ0) is 15.3. The van der Waals surface area contributed by atoms with Gasteiger partial charge in [0.05, 0.1) is 19.8 Å². The van der Waals surface area contributed by atoms with Crippen molar-refractivity contribution in [3.8, 4) is 0 Å². The monoisotopic (exact) mass is 291 g/mol. The van der Waals surface area contributed by atoms with Crippen molar-refractivity contribution >= 4 is 11.0 Å². The first-order valence-corrected chi connectivity index (χ1v) is 7.37. The van der Waals surface area contributed by atoms with Gasteiger partial charge in [0.2, 0.25) is 0 Å². The molecule has 2 aromatic heterocycles. The van der Waals surface area contributed by atoms with Crippen LogP contribution < -0.4 is 5.32 Å². The molecule has 0 radical (unpaired) electrons. The third-order valence-electron chi connectivity index (χ3n) is 3.24. The molecule has 2 aromatic rings. The Bertz CT molecular complexity index is 572. The highest BCUT2D eigenvalue weighted by atomic mass is 16.5. The lowest BCUT2D eigenvalue weighted by atomic mass is 10.1. The van der Waals surface area contributed by atoms with Gasteiger partial charge in [-0.3, -0.25) is 0 Å². The van der Waals surface area contributed by atoms with Gasteiger partial charge in [0, 0.05) is 36.4 Å². The van der Waals surface area contributed by atoms with Crippen LogP contribution in [0.25, 0.3) is 11.0 Å². The van der Waals surface area contributed by atoms with E-state index >= 15 is 0 Å². The minimum Gasteiger partial charge on any atom is -0.394 e. The van der Waals surface area contributed by atoms with E-state index in [4.69, 9.17) is 9.84 Å². The molecule has 21 heavy (non-hydrogen) atoms. The molecule has 2 N–H and O–H groups in total.